The van der Waals surface area contributed by atoms with Crippen LogP contribution in [0.2, 0.25) is 0 Å². The fraction of sp³-hybridized carbons (Fsp3) is 0.350. The number of nitrogens with zero attached hydrogens (tertiary/aromatic N) is 1. The average Bonchev–Trinajstić information content (AvgIpc) is 3.05. The number of phenolic OH excluding ortho intramolecular Hbond substituents is 1. The number of rotatable bonds is 2. The summed E-state index contributed by atoms with van der Waals surface area (Å²) in [5.74, 6) is 0.213. The molecule has 1 heterocycles. The van der Waals surface area contributed by atoms with Crippen molar-refractivity contribution in [3.05, 3.63) is 65.2 Å². The van der Waals surface area contributed by atoms with Crippen molar-refractivity contribution in [2.45, 2.75) is 25.0 Å². The van der Waals surface area contributed by atoms with Crippen LogP contribution < -0.4 is 5.32 Å². The number of urea groups is 1. The van der Waals surface area contributed by atoms with Crippen LogP contribution in [0.1, 0.15) is 35.3 Å². The second-order valence-electron chi connectivity index (χ2n) is 6.64. The Balaban J connectivity index is 1.42. The van der Waals surface area contributed by atoms with Crippen molar-refractivity contribution < 1.29 is 14.6 Å². The van der Waals surface area contributed by atoms with Gasteiger partial charge in [-0.15, -0.1) is 0 Å². The molecule has 2 aliphatic rings. The Kier molecular flexibility index (Phi) is 4.32. The normalized spacial score (nSPS) is 22.5. The van der Waals surface area contributed by atoms with Crippen LogP contribution in [0.25, 0.3) is 0 Å². The standard InChI is InChI=1S/C20H22N2O3/c23-16-6-3-5-15(12-16)19-13-22(10-11-25-19)20(24)21-18-9-8-14-4-1-2-7-17(14)18/h1-7,12,18-19,23H,8-11,13H2,(H,21,24)/t18-,19-/m0/s1. The molecule has 0 aromatic heterocycles. The Morgan fingerprint density at radius 3 is 2.96 bits per heavy atom. The van der Waals surface area contributed by atoms with Crippen molar-refractivity contribution >= 4 is 6.03 Å². The van der Waals surface area contributed by atoms with Crippen molar-refractivity contribution in [2.75, 3.05) is 19.7 Å². The van der Waals surface area contributed by atoms with Crippen LogP contribution in [0.5, 0.6) is 5.75 Å². The van der Waals surface area contributed by atoms with Gasteiger partial charge in [-0.1, -0.05) is 36.4 Å². The third kappa shape index (κ3) is 3.33. The van der Waals surface area contributed by atoms with Crippen LogP contribution in [-0.4, -0.2) is 35.7 Å². The van der Waals surface area contributed by atoms with E-state index in [9.17, 15) is 9.90 Å². The number of morpholine rings is 1. The van der Waals surface area contributed by atoms with Gasteiger partial charge in [0.15, 0.2) is 0 Å². The van der Waals surface area contributed by atoms with Gasteiger partial charge in [0.25, 0.3) is 0 Å². The van der Waals surface area contributed by atoms with Gasteiger partial charge in [0.05, 0.1) is 19.2 Å². The van der Waals surface area contributed by atoms with Gasteiger partial charge in [0.1, 0.15) is 11.9 Å². The quantitative estimate of drug-likeness (QED) is 0.884. The molecule has 4 rings (SSSR count). The number of ether oxygens (including phenoxy) is 1. The molecule has 5 nitrogen and oxygen atoms in total. The fourth-order valence-electron chi connectivity index (χ4n) is 3.71. The Bertz CT molecular complexity index is 777. The molecule has 0 unspecified atom stereocenters. The van der Waals surface area contributed by atoms with Gasteiger partial charge >= 0.3 is 6.03 Å². The number of hydrogen-bond acceptors (Lipinski definition) is 3. The zero-order chi connectivity index (χ0) is 17.2. The molecule has 0 radical (unpaired) electrons. The summed E-state index contributed by atoms with van der Waals surface area (Å²) >= 11 is 0. The van der Waals surface area contributed by atoms with Gasteiger partial charge in [-0.3, -0.25) is 0 Å². The smallest absolute Gasteiger partial charge is 0.318 e. The van der Waals surface area contributed by atoms with Crippen molar-refractivity contribution in [1.29, 1.82) is 0 Å². The van der Waals surface area contributed by atoms with E-state index in [1.165, 1.54) is 11.1 Å². The van der Waals surface area contributed by atoms with E-state index < -0.39 is 0 Å². The summed E-state index contributed by atoms with van der Waals surface area (Å²) in [6.45, 7) is 1.56. The van der Waals surface area contributed by atoms with E-state index in [-0.39, 0.29) is 23.9 Å². The maximum absolute atomic E-state index is 12.7. The summed E-state index contributed by atoms with van der Waals surface area (Å²) in [4.78, 5) is 14.5. The molecule has 1 saturated heterocycles. The first-order chi connectivity index (χ1) is 12.2. The number of nitrogens with one attached hydrogen (secondary N) is 1. The van der Waals surface area contributed by atoms with Crippen LogP contribution in [0.3, 0.4) is 0 Å². The largest absolute Gasteiger partial charge is 0.508 e. The molecule has 25 heavy (non-hydrogen) atoms. The zero-order valence-electron chi connectivity index (χ0n) is 14.0. The Labute approximate surface area is 147 Å². The highest BCUT2D eigenvalue weighted by Crippen LogP contribution is 2.31. The summed E-state index contributed by atoms with van der Waals surface area (Å²) in [5.41, 5.74) is 3.45. The first-order valence-electron chi connectivity index (χ1n) is 8.74. The summed E-state index contributed by atoms with van der Waals surface area (Å²) in [7, 11) is 0. The van der Waals surface area contributed by atoms with Gasteiger partial charge in [-0.05, 0) is 41.7 Å². The molecule has 0 spiro atoms. The lowest BCUT2D eigenvalue weighted by Gasteiger charge is -2.34. The van der Waals surface area contributed by atoms with Crippen LogP contribution in [-0.2, 0) is 11.2 Å². The highest BCUT2D eigenvalue weighted by atomic mass is 16.5. The second kappa shape index (κ2) is 6.76. The van der Waals surface area contributed by atoms with Crippen LogP contribution in [0.15, 0.2) is 48.5 Å². The molecule has 1 aliphatic heterocycles. The zero-order valence-corrected chi connectivity index (χ0v) is 14.0. The number of benzene rings is 2. The molecule has 0 saturated carbocycles. The number of aryl methyl sites for hydroxylation is 1. The monoisotopic (exact) mass is 338 g/mol. The topological polar surface area (TPSA) is 61.8 Å². The Morgan fingerprint density at radius 2 is 2.08 bits per heavy atom. The maximum Gasteiger partial charge on any atom is 0.318 e. The van der Waals surface area contributed by atoms with E-state index in [1.54, 1.807) is 23.1 Å². The number of carbonyl (C=O) groups is 1. The van der Waals surface area contributed by atoms with Gasteiger partial charge < -0.3 is 20.1 Å². The summed E-state index contributed by atoms with van der Waals surface area (Å²) in [5, 5.41) is 12.8. The predicted octanol–water partition coefficient (Wildman–Crippen LogP) is 3.16. The fourth-order valence-corrected chi connectivity index (χ4v) is 3.71. The van der Waals surface area contributed by atoms with Gasteiger partial charge in [0.2, 0.25) is 0 Å². The van der Waals surface area contributed by atoms with Crippen molar-refractivity contribution in [3.8, 4) is 5.75 Å². The number of fused-ring (bicyclic) bond motifs is 1. The lowest BCUT2D eigenvalue weighted by atomic mass is 10.1. The van der Waals surface area contributed by atoms with Crippen LogP contribution >= 0.6 is 0 Å². The molecule has 5 heteroatoms. The minimum absolute atomic E-state index is 0.0462. The number of phenols is 1. The highest BCUT2D eigenvalue weighted by molar-refractivity contribution is 5.75. The van der Waals surface area contributed by atoms with Gasteiger partial charge in [-0.25, -0.2) is 4.79 Å². The molecular weight excluding hydrogens is 316 g/mol. The molecular formula is C20H22N2O3. The second-order valence-corrected chi connectivity index (χ2v) is 6.64. The number of hydrogen-bond donors (Lipinski definition) is 2. The van der Waals surface area contributed by atoms with E-state index in [0.29, 0.717) is 19.7 Å². The minimum atomic E-state index is -0.206. The van der Waals surface area contributed by atoms with E-state index in [4.69, 9.17) is 4.74 Å². The lowest BCUT2D eigenvalue weighted by Crippen LogP contribution is -2.47. The van der Waals surface area contributed by atoms with Crippen molar-refractivity contribution in [2.24, 2.45) is 0 Å². The molecule has 2 amide bonds. The maximum atomic E-state index is 12.7. The SMILES string of the molecule is O=C(N[C@H]1CCc2ccccc21)N1CCO[C@H](c2cccc(O)c2)C1. The Hall–Kier alpha value is -2.53. The molecule has 2 N–H and O–H groups in total. The van der Waals surface area contributed by atoms with Crippen LogP contribution in [0.4, 0.5) is 4.79 Å². The van der Waals surface area contributed by atoms with Gasteiger partial charge in [-0.2, -0.15) is 0 Å². The summed E-state index contributed by atoms with van der Waals surface area (Å²) < 4.78 is 5.79. The molecule has 1 aliphatic carbocycles. The molecule has 1 fully saturated rings. The highest BCUT2D eigenvalue weighted by Gasteiger charge is 2.29. The van der Waals surface area contributed by atoms with E-state index in [1.807, 2.05) is 18.2 Å². The minimum Gasteiger partial charge on any atom is -0.508 e. The third-order valence-corrected chi connectivity index (χ3v) is 5.03. The van der Waals surface area contributed by atoms with Gasteiger partial charge in [0, 0.05) is 6.54 Å². The lowest BCUT2D eigenvalue weighted by molar-refractivity contribution is -0.0158. The third-order valence-electron chi connectivity index (χ3n) is 5.03. The van der Waals surface area contributed by atoms with E-state index in [0.717, 1.165) is 18.4 Å². The number of carbonyl (C=O) groups excluding carboxylic acids is 1. The molecule has 2 aromatic carbocycles. The van der Waals surface area contributed by atoms with Crippen molar-refractivity contribution in [3.63, 3.8) is 0 Å². The predicted molar refractivity (Wildman–Crippen MR) is 94.4 cm³/mol. The molecule has 130 valence electrons. The first-order valence-corrected chi connectivity index (χ1v) is 8.74. The molecule has 0 bridgehead atoms. The summed E-state index contributed by atoms with van der Waals surface area (Å²) in [6, 6.07) is 15.4. The molecule has 2 atom stereocenters. The Morgan fingerprint density at radius 1 is 1.20 bits per heavy atom. The van der Waals surface area contributed by atoms with E-state index in [2.05, 4.69) is 17.4 Å². The van der Waals surface area contributed by atoms with Crippen molar-refractivity contribution in [1.82, 2.24) is 10.2 Å². The molecule has 2 aromatic rings. The van der Waals surface area contributed by atoms with E-state index >= 15 is 0 Å². The van der Waals surface area contributed by atoms with Crippen LogP contribution in [0, 0.1) is 0 Å². The number of aromatic hydroxyl groups is 1. The average molecular weight is 338 g/mol. The first kappa shape index (κ1) is 16.0. The number of amides is 2. The summed E-state index contributed by atoms with van der Waals surface area (Å²) in [6.07, 6.45) is 1.75.